The molecule has 0 heterocycles. The fourth-order valence-corrected chi connectivity index (χ4v) is 2.37. The van der Waals surface area contributed by atoms with Crippen LogP contribution in [0.4, 0.5) is 30.7 Å². The summed E-state index contributed by atoms with van der Waals surface area (Å²) in [6, 6.07) is 3.08. The van der Waals surface area contributed by atoms with Crippen molar-refractivity contribution >= 4 is 31.9 Å². The summed E-state index contributed by atoms with van der Waals surface area (Å²) in [5, 5.41) is 0. The maximum atomic E-state index is 13.6. The molecule has 101 valence electrons. The Labute approximate surface area is 113 Å². The normalized spacial score (nSPS) is 13.8. The van der Waals surface area contributed by atoms with E-state index in [1.165, 1.54) is 0 Å². The highest BCUT2D eigenvalue weighted by atomic mass is 79.9. The molecule has 0 unspecified atom stereocenters. The van der Waals surface area contributed by atoms with E-state index >= 15 is 0 Å². The van der Waals surface area contributed by atoms with Gasteiger partial charge < -0.3 is 0 Å². The first-order chi connectivity index (χ1) is 7.89. The van der Waals surface area contributed by atoms with Gasteiger partial charge in [0.1, 0.15) is 0 Å². The van der Waals surface area contributed by atoms with Gasteiger partial charge in [0.05, 0.1) is 0 Å². The van der Waals surface area contributed by atoms with Crippen molar-refractivity contribution in [3.05, 3.63) is 32.7 Å². The fourth-order valence-electron chi connectivity index (χ4n) is 1.19. The first kappa shape index (κ1) is 15.7. The third kappa shape index (κ3) is 2.66. The summed E-state index contributed by atoms with van der Waals surface area (Å²) in [5.74, 6) is 0. The summed E-state index contributed by atoms with van der Waals surface area (Å²) in [6.07, 6.45) is -12.2. The third-order valence-corrected chi connectivity index (χ3v) is 2.84. The summed E-state index contributed by atoms with van der Waals surface area (Å²) in [5.41, 5.74) is -7.00. The van der Waals surface area contributed by atoms with Crippen molar-refractivity contribution in [3.63, 3.8) is 0 Å². The smallest absolute Gasteiger partial charge is 0.218 e. The zero-order chi connectivity index (χ0) is 14.4. The van der Waals surface area contributed by atoms with Gasteiger partial charge in [-0.15, -0.1) is 0 Å². The molecule has 0 bridgehead atoms. The minimum atomic E-state index is -6.12. The van der Waals surface area contributed by atoms with E-state index in [-0.39, 0.29) is 8.95 Å². The maximum Gasteiger partial charge on any atom is 0.435 e. The van der Waals surface area contributed by atoms with Gasteiger partial charge in [0.25, 0.3) is 0 Å². The molecule has 0 aromatic heterocycles. The van der Waals surface area contributed by atoms with E-state index in [0.29, 0.717) is 12.1 Å². The van der Waals surface area contributed by atoms with Crippen LogP contribution in [0.25, 0.3) is 0 Å². The Bertz CT molecular complexity index is 415. The highest BCUT2D eigenvalue weighted by Crippen LogP contribution is 2.53. The van der Waals surface area contributed by atoms with Crippen LogP contribution in [0, 0.1) is 6.07 Å². The van der Waals surface area contributed by atoms with Crippen LogP contribution in [-0.4, -0.2) is 12.4 Å². The lowest BCUT2D eigenvalue weighted by molar-refractivity contribution is -0.348. The zero-order valence-electron chi connectivity index (χ0n) is 8.06. The molecule has 0 amide bonds. The van der Waals surface area contributed by atoms with Crippen molar-refractivity contribution in [1.82, 2.24) is 0 Å². The van der Waals surface area contributed by atoms with E-state index in [2.05, 4.69) is 37.9 Å². The molecule has 0 saturated carbocycles. The molecule has 0 aliphatic heterocycles. The second-order valence-electron chi connectivity index (χ2n) is 3.22. The number of alkyl halides is 7. The lowest BCUT2D eigenvalue weighted by Gasteiger charge is -2.30. The van der Waals surface area contributed by atoms with Crippen LogP contribution < -0.4 is 0 Å². The lowest BCUT2D eigenvalue weighted by Crippen LogP contribution is -2.50. The molecule has 0 aliphatic carbocycles. The Balaban J connectivity index is 3.55. The Hall–Kier alpha value is -0.310. The monoisotopic (exact) mass is 401 g/mol. The first-order valence-corrected chi connectivity index (χ1v) is 5.69. The van der Waals surface area contributed by atoms with Gasteiger partial charge in [-0.3, -0.25) is 0 Å². The average Bonchev–Trinajstić information content (AvgIpc) is 2.11. The summed E-state index contributed by atoms with van der Waals surface area (Å²) in [7, 11) is 0. The predicted molar refractivity (Wildman–Crippen MR) is 55.6 cm³/mol. The molecule has 0 spiro atoms. The minimum Gasteiger partial charge on any atom is -0.218 e. The molecular weight excluding hydrogens is 401 g/mol. The fraction of sp³-hybridized carbons (Fsp3) is 0.333. The van der Waals surface area contributed by atoms with Gasteiger partial charge in [0, 0.05) is 20.6 Å². The molecule has 0 atom stereocenters. The summed E-state index contributed by atoms with van der Waals surface area (Å²) in [6.45, 7) is 0. The summed E-state index contributed by atoms with van der Waals surface area (Å²) >= 11 is 5.30. The molecule has 0 aliphatic rings. The van der Waals surface area contributed by atoms with Crippen molar-refractivity contribution in [3.8, 4) is 0 Å². The standard InChI is InChI=1S/C9H2Br2F7/c10-5-1-4(2-6(11)3-5)7(12,8(13,14)15)9(16,17)18/h1-2H. The molecule has 9 heteroatoms. The molecule has 1 aromatic carbocycles. The van der Waals surface area contributed by atoms with E-state index in [9.17, 15) is 30.7 Å². The van der Waals surface area contributed by atoms with Gasteiger partial charge in [0.2, 0.25) is 0 Å². The molecule has 1 rings (SSSR count). The third-order valence-electron chi connectivity index (χ3n) is 1.98. The van der Waals surface area contributed by atoms with Gasteiger partial charge >= 0.3 is 18.0 Å². The molecule has 0 N–H and O–H groups in total. The van der Waals surface area contributed by atoms with Gasteiger partial charge in [0.15, 0.2) is 0 Å². The second-order valence-corrected chi connectivity index (χ2v) is 4.93. The van der Waals surface area contributed by atoms with Crippen molar-refractivity contribution in [2.45, 2.75) is 18.0 Å². The van der Waals surface area contributed by atoms with Crippen LogP contribution in [0.15, 0.2) is 21.1 Å². The van der Waals surface area contributed by atoms with E-state index in [1.807, 2.05) is 0 Å². The molecule has 0 nitrogen and oxygen atoms in total. The van der Waals surface area contributed by atoms with Gasteiger partial charge in [-0.1, -0.05) is 31.9 Å². The first-order valence-electron chi connectivity index (χ1n) is 4.11. The number of hydrogen-bond acceptors (Lipinski definition) is 0. The van der Waals surface area contributed by atoms with Crippen LogP contribution >= 0.6 is 31.9 Å². The molecule has 1 aromatic rings. The van der Waals surface area contributed by atoms with E-state index in [4.69, 9.17) is 0 Å². The number of halogens is 9. The van der Waals surface area contributed by atoms with Crippen molar-refractivity contribution in [1.29, 1.82) is 0 Å². The lowest BCUT2D eigenvalue weighted by atomic mass is 9.94. The van der Waals surface area contributed by atoms with Crippen LogP contribution in [0.5, 0.6) is 0 Å². The van der Waals surface area contributed by atoms with E-state index in [1.54, 1.807) is 0 Å². The molecule has 18 heavy (non-hydrogen) atoms. The second kappa shape index (κ2) is 4.66. The highest BCUT2D eigenvalue weighted by molar-refractivity contribution is 9.11. The van der Waals surface area contributed by atoms with Crippen molar-refractivity contribution in [2.75, 3.05) is 0 Å². The van der Waals surface area contributed by atoms with Crippen molar-refractivity contribution in [2.24, 2.45) is 0 Å². The molecular formula is C9H2Br2F7. The van der Waals surface area contributed by atoms with Crippen LogP contribution in [0.2, 0.25) is 0 Å². The summed E-state index contributed by atoms with van der Waals surface area (Å²) in [4.78, 5) is 0. The Morgan fingerprint density at radius 3 is 1.39 bits per heavy atom. The number of hydrogen-bond donors (Lipinski definition) is 0. The number of benzene rings is 1. The van der Waals surface area contributed by atoms with Gasteiger partial charge in [-0.2, -0.15) is 26.3 Å². The zero-order valence-corrected chi connectivity index (χ0v) is 11.2. The maximum absolute atomic E-state index is 13.6. The van der Waals surface area contributed by atoms with Crippen LogP contribution in [0.1, 0.15) is 5.56 Å². The predicted octanol–water partition coefficient (Wildman–Crippen LogP) is 5.30. The highest BCUT2D eigenvalue weighted by Gasteiger charge is 2.73. The summed E-state index contributed by atoms with van der Waals surface area (Å²) < 4.78 is 87.6. The minimum absolute atomic E-state index is 0.234. The molecule has 1 radical (unpaired) electrons. The van der Waals surface area contributed by atoms with E-state index < -0.39 is 23.6 Å². The Morgan fingerprint density at radius 2 is 1.11 bits per heavy atom. The Kier molecular flexibility index (Phi) is 4.08. The molecule has 0 saturated heterocycles. The Morgan fingerprint density at radius 1 is 0.778 bits per heavy atom. The van der Waals surface area contributed by atoms with Crippen molar-refractivity contribution < 1.29 is 30.7 Å². The quantitative estimate of drug-likeness (QED) is 0.559. The van der Waals surface area contributed by atoms with Gasteiger partial charge in [-0.25, -0.2) is 4.39 Å². The van der Waals surface area contributed by atoms with Crippen LogP contribution in [-0.2, 0) is 5.67 Å². The largest absolute Gasteiger partial charge is 0.435 e. The average molecular weight is 403 g/mol. The van der Waals surface area contributed by atoms with Gasteiger partial charge in [-0.05, 0) is 12.1 Å². The number of rotatable bonds is 1. The molecule has 0 fully saturated rings. The van der Waals surface area contributed by atoms with E-state index in [0.717, 1.165) is 0 Å². The van der Waals surface area contributed by atoms with Crippen LogP contribution in [0.3, 0.4) is 0 Å². The topological polar surface area (TPSA) is 0 Å². The SMILES string of the molecule is FC(F)(F)C(F)(c1cc(Br)[c]c(Br)c1)C(F)(F)F.